The Labute approximate surface area is 86.7 Å². The predicted molar refractivity (Wildman–Crippen MR) is 62.6 cm³/mol. The lowest BCUT2D eigenvalue weighted by Crippen LogP contribution is -2.35. The topological polar surface area (TPSA) is 29.3 Å². The number of rotatable bonds is 5. The van der Waals surface area contributed by atoms with E-state index >= 15 is 0 Å². The first-order chi connectivity index (χ1) is 6.74. The summed E-state index contributed by atoms with van der Waals surface area (Å²) >= 11 is 0. The van der Waals surface area contributed by atoms with Crippen LogP contribution in [0.4, 0.5) is 5.69 Å². The molecule has 2 N–H and O–H groups in total. The number of hydrogen-bond acceptors (Lipinski definition) is 2. The molecule has 0 aliphatic carbocycles. The standard InChI is InChI=1S/C12H20N2/c1-3-7-11(13)10-14(2)12-8-5-4-6-9-12/h4-6,8-9,11H,3,7,10,13H2,1-2H3. The fraction of sp³-hybridized carbons (Fsp3) is 0.500. The molecule has 2 heteroatoms. The summed E-state index contributed by atoms with van der Waals surface area (Å²) in [5, 5.41) is 0. The Morgan fingerprint density at radius 3 is 2.50 bits per heavy atom. The van der Waals surface area contributed by atoms with E-state index < -0.39 is 0 Å². The van der Waals surface area contributed by atoms with E-state index in [2.05, 4.69) is 43.1 Å². The molecule has 0 amide bonds. The quantitative estimate of drug-likeness (QED) is 0.775. The van der Waals surface area contributed by atoms with Crippen molar-refractivity contribution < 1.29 is 0 Å². The van der Waals surface area contributed by atoms with Crippen LogP contribution < -0.4 is 10.6 Å². The van der Waals surface area contributed by atoms with Gasteiger partial charge in [-0.05, 0) is 18.6 Å². The van der Waals surface area contributed by atoms with Crippen LogP contribution in [0.15, 0.2) is 30.3 Å². The second kappa shape index (κ2) is 5.66. The molecule has 78 valence electrons. The smallest absolute Gasteiger partial charge is 0.0364 e. The van der Waals surface area contributed by atoms with Crippen LogP contribution in [0.5, 0.6) is 0 Å². The molecule has 1 atom stereocenters. The third-order valence-electron chi connectivity index (χ3n) is 2.36. The van der Waals surface area contributed by atoms with Gasteiger partial charge in [0, 0.05) is 25.3 Å². The van der Waals surface area contributed by atoms with Gasteiger partial charge in [0.2, 0.25) is 0 Å². The second-order valence-electron chi connectivity index (χ2n) is 3.76. The summed E-state index contributed by atoms with van der Waals surface area (Å²) in [6.07, 6.45) is 2.25. The van der Waals surface area contributed by atoms with Gasteiger partial charge in [-0.15, -0.1) is 0 Å². The van der Waals surface area contributed by atoms with Gasteiger partial charge < -0.3 is 10.6 Å². The largest absolute Gasteiger partial charge is 0.373 e. The van der Waals surface area contributed by atoms with E-state index in [1.54, 1.807) is 0 Å². The van der Waals surface area contributed by atoms with Crippen LogP contribution in [0.1, 0.15) is 19.8 Å². The van der Waals surface area contributed by atoms with E-state index in [0.29, 0.717) is 0 Å². The van der Waals surface area contributed by atoms with E-state index in [1.165, 1.54) is 5.69 Å². The van der Waals surface area contributed by atoms with Crippen molar-refractivity contribution in [3.05, 3.63) is 30.3 Å². The zero-order valence-electron chi connectivity index (χ0n) is 9.11. The van der Waals surface area contributed by atoms with E-state index in [1.807, 2.05) is 6.07 Å². The van der Waals surface area contributed by atoms with Crippen LogP contribution in [0.2, 0.25) is 0 Å². The lowest BCUT2D eigenvalue weighted by atomic mass is 10.1. The van der Waals surface area contributed by atoms with E-state index in [9.17, 15) is 0 Å². The predicted octanol–water partition coefficient (Wildman–Crippen LogP) is 2.25. The number of para-hydroxylation sites is 1. The zero-order valence-corrected chi connectivity index (χ0v) is 9.11. The van der Waals surface area contributed by atoms with Crippen molar-refractivity contribution in [2.24, 2.45) is 5.73 Å². The Kier molecular flexibility index (Phi) is 4.47. The molecule has 0 saturated carbocycles. The zero-order chi connectivity index (χ0) is 10.4. The number of nitrogens with zero attached hydrogens (tertiary/aromatic N) is 1. The molecule has 14 heavy (non-hydrogen) atoms. The van der Waals surface area contributed by atoms with Gasteiger partial charge in [-0.2, -0.15) is 0 Å². The molecule has 1 aromatic rings. The normalized spacial score (nSPS) is 12.5. The molecule has 0 aliphatic rings. The van der Waals surface area contributed by atoms with Crippen molar-refractivity contribution in [2.75, 3.05) is 18.5 Å². The minimum atomic E-state index is 0.283. The van der Waals surface area contributed by atoms with Gasteiger partial charge in [0.25, 0.3) is 0 Å². The highest BCUT2D eigenvalue weighted by atomic mass is 15.1. The van der Waals surface area contributed by atoms with Gasteiger partial charge in [-0.3, -0.25) is 0 Å². The van der Waals surface area contributed by atoms with Crippen molar-refractivity contribution in [1.82, 2.24) is 0 Å². The van der Waals surface area contributed by atoms with Crippen LogP contribution in [0.3, 0.4) is 0 Å². The fourth-order valence-electron chi connectivity index (χ4n) is 1.60. The summed E-state index contributed by atoms with van der Waals surface area (Å²) in [6.45, 7) is 3.10. The number of hydrogen-bond donors (Lipinski definition) is 1. The molecule has 0 radical (unpaired) electrons. The van der Waals surface area contributed by atoms with Gasteiger partial charge in [-0.1, -0.05) is 31.5 Å². The Morgan fingerprint density at radius 2 is 1.93 bits per heavy atom. The van der Waals surface area contributed by atoms with Gasteiger partial charge in [0.05, 0.1) is 0 Å². The molecule has 1 aromatic carbocycles. The van der Waals surface area contributed by atoms with Gasteiger partial charge in [0.1, 0.15) is 0 Å². The average molecular weight is 192 g/mol. The van der Waals surface area contributed by atoms with Gasteiger partial charge in [-0.25, -0.2) is 0 Å². The lowest BCUT2D eigenvalue weighted by molar-refractivity contribution is 0.598. The lowest BCUT2D eigenvalue weighted by Gasteiger charge is -2.23. The average Bonchev–Trinajstić information content (AvgIpc) is 2.19. The first kappa shape index (κ1) is 11.1. The highest BCUT2D eigenvalue weighted by molar-refractivity contribution is 5.45. The van der Waals surface area contributed by atoms with Crippen molar-refractivity contribution in [3.63, 3.8) is 0 Å². The first-order valence-electron chi connectivity index (χ1n) is 5.25. The molecule has 0 spiro atoms. The van der Waals surface area contributed by atoms with Crippen LogP contribution in [0.25, 0.3) is 0 Å². The van der Waals surface area contributed by atoms with Crippen LogP contribution in [-0.4, -0.2) is 19.6 Å². The number of anilines is 1. The van der Waals surface area contributed by atoms with Crippen molar-refractivity contribution in [2.45, 2.75) is 25.8 Å². The number of benzene rings is 1. The molecule has 0 aromatic heterocycles. The summed E-state index contributed by atoms with van der Waals surface area (Å²) in [7, 11) is 2.09. The number of nitrogens with two attached hydrogens (primary N) is 1. The summed E-state index contributed by atoms with van der Waals surface area (Å²) in [5.41, 5.74) is 7.22. The van der Waals surface area contributed by atoms with Crippen molar-refractivity contribution in [3.8, 4) is 0 Å². The molecule has 0 fully saturated rings. The highest BCUT2D eigenvalue weighted by Crippen LogP contribution is 2.11. The Morgan fingerprint density at radius 1 is 1.29 bits per heavy atom. The summed E-state index contributed by atoms with van der Waals surface area (Å²) < 4.78 is 0. The Bertz CT molecular complexity index is 246. The number of likely N-dealkylation sites (N-methyl/N-ethyl adjacent to an activating group) is 1. The summed E-state index contributed by atoms with van der Waals surface area (Å²) in [5.74, 6) is 0. The monoisotopic (exact) mass is 192 g/mol. The Hall–Kier alpha value is -1.02. The Balaban J connectivity index is 2.46. The van der Waals surface area contributed by atoms with E-state index in [0.717, 1.165) is 19.4 Å². The third-order valence-corrected chi connectivity index (χ3v) is 2.36. The maximum Gasteiger partial charge on any atom is 0.0364 e. The molecule has 0 aliphatic heterocycles. The first-order valence-corrected chi connectivity index (χ1v) is 5.25. The van der Waals surface area contributed by atoms with E-state index in [4.69, 9.17) is 5.73 Å². The maximum atomic E-state index is 5.98. The molecule has 0 saturated heterocycles. The maximum absolute atomic E-state index is 5.98. The minimum Gasteiger partial charge on any atom is -0.373 e. The van der Waals surface area contributed by atoms with Crippen LogP contribution in [-0.2, 0) is 0 Å². The highest BCUT2D eigenvalue weighted by Gasteiger charge is 2.05. The summed E-state index contributed by atoms with van der Waals surface area (Å²) in [6, 6.07) is 10.6. The molecular weight excluding hydrogens is 172 g/mol. The van der Waals surface area contributed by atoms with Crippen molar-refractivity contribution in [1.29, 1.82) is 0 Å². The molecule has 2 nitrogen and oxygen atoms in total. The third kappa shape index (κ3) is 3.38. The SMILES string of the molecule is CCCC(N)CN(C)c1ccccc1. The summed E-state index contributed by atoms with van der Waals surface area (Å²) in [4.78, 5) is 2.21. The molecule has 0 bridgehead atoms. The second-order valence-corrected chi connectivity index (χ2v) is 3.76. The van der Waals surface area contributed by atoms with Gasteiger partial charge >= 0.3 is 0 Å². The molecule has 1 rings (SSSR count). The van der Waals surface area contributed by atoms with Gasteiger partial charge in [0.15, 0.2) is 0 Å². The fourth-order valence-corrected chi connectivity index (χ4v) is 1.60. The molecular formula is C12H20N2. The van der Waals surface area contributed by atoms with Crippen LogP contribution >= 0.6 is 0 Å². The van der Waals surface area contributed by atoms with Crippen molar-refractivity contribution >= 4 is 5.69 Å². The van der Waals surface area contributed by atoms with E-state index in [-0.39, 0.29) is 6.04 Å². The van der Waals surface area contributed by atoms with Crippen LogP contribution in [0, 0.1) is 0 Å². The molecule has 1 unspecified atom stereocenters. The molecule has 0 heterocycles. The minimum absolute atomic E-state index is 0.283.